The van der Waals surface area contributed by atoms with Gasteiger partial charge in [0, 0.05) is 8.41 Å². The van der Waals surface area contributed by atoms with E-state index in [9.17, 15) is 0 Å². The first-order valence-corrected chi connectivity index (χ1v) is 3.08. The van der Waals surface area contributed by atoms with E-state index in [4.69, 9.17) is 0 Å². The summed E-state index contributed by atoms with van der Waals surface area (Å²) >= 11 is 0. The van der Waals surface area contributed by atoms with Gasteiger partial charge in [0.15, 0.2) is 0 Å². The monoisotopic (exact) mass is 115 g/mol. The van der Waals surface area contributed by atoms with Gasteiger partial charge in [0.2, 0.25) is 0 Å². The van der Waals surface area contributed by atoms with E-state index in [-0.39, 0.29) is 8.41 Å². The summed E-state index contributed by atoms with van der Waals surface area (Å²) < 4.78 is 0. The van der Waals surface area contributed by atoms with Crippen LogP contribution in [0.3, 0.4) is 0 Å². The Morgan fingerprint density at radius 2 is 1.43 bits per heavy atom. The molecule has 0 saturated carbocycles. The van der Waals surface area contributed by atoms with Gasteiger partial charge in [-0.15, -0.1) is 9.24 Å². The van der Waals surface area contributed by atoms with Crippen molar-refractivity contribution in [2.24, 2.45) is 5.41 Å². The van der Waals surface area contributed by atoms with Crippen molar-refractivity contribution in [3.63, 3.8) is 0 Å². The highest BCUT2D eigenvalue weighted by molar-refractivity contribution is 7.16. The first-order valence-electron chi connectivity index (χ1n) is 2.26. The first-order chi connectivity index (χ1) is 2.56. The maximum Gasteiger partial charge on any atom is 0 e. The molecular weight excluding hydrogens is 102 g/mol. The smallest absolute Gasteiger partial charge is 0 e. The van der Waals surface area contributed by atoms with Gasteiger partial charge in [-0.05, 0) is 11.6 Å². The second-order valence-corrected chi connectivity index (χ2v) is 3.17. The van der Waals surface area contributed by atoms with Crippen molar-refractivity contribution in [3.05, 3.63) is 0 Å². The predicted octanol–water partition coefficient (Wildman–Crippen LogP) is 1.53. The van der Waals surface area contributed by atoms with E-state index < -0.39 is 0 Å². The van der Waals surface area contributed by atoms with Crippen LogP contribution in [-0.2, 0) is 0 Å². The highest BCUT2D eigenvalue weighted by atomic mass is 31.0. The fourth-order valence-corrected chi connectivity index (χ4v) is 0. The van der Waals surface area contributed by atoms with E-state index in [1.165, 1.54) is 6.16 Å². The van der Waals surface area contributed by atoms with Gasteiger partial charge in [0.1, 0.15) is 0 Å². The Labute approximate surface area is 50.9 Å². The lowest BCUT2D eigenvalue weighted by molar-refractivity contribution is 0.480. The molecule has 0 bridgehead atoms. The number of rotatable bonds is 0. The van der Waals surface area contributed by atoms with Gasteiger partial charge < -0.3 is 0 Å². The van der Waals surface area contributed by atoms with E-state index in [2.05, 4.69) is 30.0 Å². The quantitative estimate of drug-likeness (QED) is 0.331. The third-order valence-electron chi connectivity index (χ3n) is 0.612. The average Bonchev–Trinajstić information content (AvgIpc) is 1.35. The van der Waals surface area contributed by atoms with Gasteiger partial charge in [0.25, 0.3) is 0 Å². The molecule has 0 aliphatic rings. The summed E-state index contributed by atoms with van der Waals surface area (Å²) in [7, 11) is 2.72. The first kappa shape index (κ1) is 10.5. The minimum atomic E-state index is 0. The topological polar surface area (TPSA) is 0 Å². The van der Waals surface area contributed by atoms with Crippen LogP contribution in [0.25, 0.3) is 0 Å². The molecule has 0 nitrogen and oxygen atoms in total. The Morgan fingerprint density at radius 1 is 1.29 bits per heavy atom. The van der Waals surface area contributed by atoms with Gasteiger partial charge in [-0.2, -0.15) is 0 Å². The largest absolute Gasteiger partial charge is 0.137 e. The van der Waals surface area contributed by atoms with Crippen molar-refractivity contribution in [2.75, 3.05) is 6.16 Å². The third kappa shape index (κ3) is 10.7. The summed E-state index contributed by atoms with van der Waals surface area (Å²) in [5, 5.41) is 0. The summed E-state index contributed by atoms with van der Waals surface area (Å²) in [6.07, 6.45) is 1.19. The van der Waals surface area contributed by atoms with Crippen LogP contribution >= 0.6 is 9.24 Å². The predicted molar refractivity (Wildman–Crippen MR) is 39.8 cm³/mol. The molecule has 0 amide bonds. The van der Waals surface area contributed by atoms with E-state index >= 15 is 0 Å². The van der Waals surface area contributed by atoms with Crippen molar-refractivity contribution in [3.8, 4) is 0 Å². The molecule has 0 fully saturated rings. The van der Waals surface area contributed by atoms with Gasteiger partial charge in [-0.1, -0.05) is 20.8 Å². The zero-order valence-electron chi connectivity index (χ0n) is 5.36. The lowest BCUT2D eigenvalue weighted by Gasteiger charge is -2.12. The highest BCUT2D eigenvalue weighted by Crippen LogP contribution is 2.14. The van der Waals surface area contributed by atoms with Crippen LogP contribution in [0.15, 0.2) is 0 Å². The summed E-state index contributed by atoms with van der Waals surface area (Å²) in [4.78, 5) is 0. The molecule has 7 heavy (non-hydrogen) atoms. The van der Waals surface area contributed by atoms with E-state index in [0.29, 0.717) is 5.41 Å². The average molecular weight is 115 g/mol. The molecule has 0 aromatic rings. The molecule has 41 valence electrons. The van der Waals surface area contributed by atoms with E-state index in [1.54, 1.807) is 0 Å². The standard InChI is InChI=1S/C5H13P.B/c1-5(2,3)4-6;/h4,6H2,1-3H3;. The molecule has 0 N–H and O–H groups in total. The molecule has 0 rings (SSSR count). The molecule has 0 aliphatic heterocycles. The molecule has 3 radical (unpaired) electrons. The fraction of sp³-hybridized carbons (Fsp3) is 1.00. The Balaban J connectivity index is 0. The van der Waals surface area contributed by atoms with E-state index in [0.717, 1.165) is 0 Å². The lowest BCUT2D eigenvalue weighted by Crippen LogP contribution is -2.04. The van der Waals surface area contributed by atoms with Gasteiger partial charge >= 0.3 is 0 Å². The highest BCUT2D eigenvalue weighted by Gasteiger charge is 2.03. The van der Waals surface area contributed by atoms with Crippen LogP contribution in [0.4, 0.5) is 0 Å². The van der Waals surface area contributed by atoms with Crippen molar-refractivity contribution >= 4 is 17.7 Å². The molecule has 0 aromatic heterocycles. The summed E-state index contributed by atoms with van der Waals surface area (Å²) in [6.45, 7) is 6.67. The van der Waals surface area contributed by atoms with Crippen LogP contribution in [0, 0.1) is 5.41 Å². The minimum absolute atomic E-state index is 0. The van der Waals surface area contributed by atoms with Crippen LogP contribution in [0.5, 0.6) is 0 Å². The molecule has 0 spiro atoms. The van der Waals surface area contributed by atoms with Crippen molar-refractivity contribution < 1.29 is 0 Å². The third-order valence-corrected chi connectivity index (χ3v) is 1.84. The molecule has 0 aliphatic carbocycles. The molecular formula is C5H13BP. The van der Waals surface area contributed by atoms with Gasteiger partial charge in [0.05, 0.1) is 0 Å². The molecule has 1 atom stereocenters. The summed E-state index contributed by atoms with van der Waals surface area (Å²) in [5.74, 6) is 0. The van der Waals surface area contributed by atoms with Gasteiger partial charge in [-0.25, -0.2) is 0 Å². The minimum Gasteiger partial charge on any atom is -0.137 e. The van der Waals surface area contributed by atoms with E-state index in [1.807, 2.05) is 0 Å². The SMILES string of the molecule is CC(C)(C)CP.[B]. The zero-order chi connectivity index (χ0) is 5.21. The Kier molecular flexibility index (Phi) is 5.22. The molecule has 0 heterocycles. The Morgan fingerprint density at radius 3 is 1.43 bits per heavy atom. The maximum atomic E-state index is 2.72. The zero-order valence-corrected chi connectivity index (χ0v) is 6.52. The van der Waals surface area contributed by atoms with Crippen molar-refractivity contribution in [2.45, 2.75) is 20.8 Å². The Hall–Kier alpha value is 0.495. The van der Waals surface area contributed by atoms with Gasteiger partial charge in [-0.3, -0.25) is 0 Å². The van der Waals surface area contributed by atoms with Crippen LogP contribution in [0.2, 0.25) is 0 Å². The number of hydrogen-bond acceptors (Lipinski definition) is 0. The van der Waals surface area contributed by atoms with Crippen LogP contribution in [-0.4, -0.2) is 14.6 Å². The second-order valence-electron chi connectivity index (χ2n) is 2.76. The maximum absolute atomic E-state index is 2.72. The van der Waals surface area contributed by atoms with Crippen molar-refractivity contribution in [1.82, 2.24) is 0 Å². The van der Waals surface area contributed by atoms with Crippen molar-refractivity contribution in [1.29, 1.82) is 0 Å². The number of hydrogen-bond donors (Lipinski definition) is 0. The summed E-state index contributed by atoms with van der Waals surface area (Å²) in [5.41, 5.74) is 0.505. The fourth-order valence-electron chi connectivity index (χ4n) is 0. The second kappa shape index (κ2) is 3.49. The Bertz CT molecular complexity index is 37.8. The van der Waals surface area contributed by atoms with Crippen LogP contribution < -0.4 is 0 Å². The lowest BCUT2D eigenvalue weighted by atomic mass is 10.0. The molecule has 1 unspecified atom stereocenters. The van der Waals surface area contributed by atoms with Crippen LogP contribution in [0.1, 0.15) is 20.8 Å². The summed E-state index contributed by atoms with van der Waals surface area (Å²) in [6, 6.07) is 0. The molecule has 2 heteroatoms. The normalized spacial score (nSPS) is 10.3. The molecule has 0 aromatic carbocycles. The molecule has 0 saturated heterocycles.